The van der Waals surface area contributed by atoms with Gasteiger partial charge in [-0.05, 0) is 46.5 Å². The first-order valence-electron chi connectivity index (χ1n) is 5.83. The molecule has 96 valence electrons. The lowest BCUT2D eigenvalue weighted by atomic mass is 10.2. The molecular weight excluding hydrogens is 206 g/mol. The first-order valence-corrected chi connectivity index (χ1v) is 5.83. The summed E-state index contributed by atoms with van der Waals surface area (Å²) in [4.78, 5) is 10.6. The molecule has 2 N–H and O–H groups in total. The predicted octanol–water partition coefficient (Wildman–Crippen LogP) is 1.86. The van der Waals surface area contributed by atoms with Gasteiger partial charge in [-0.15, -0.1) is 0 Å². The number of rotatable bonds is 2. The summed E-state index contributed by atoms with van der Waals surface area (Å²) in [6.07, 6.45) is 4.57. The molecule has 0 bridgehead atoms. The Hall–Kier alpha value is -0.610. The highest BCUT2D eigenvalue weighted by atomic mass is 16.5. The van der Waals surface area contributed by atoms with E-state index in [1.807, 2.05) is 20.8 Å². The first kappa shape index (κ1) is 15.4. The van der Waals surface area contributed by atoms with E-state index in [9.17, 15) is 4.79 Å². The molecule has 0 aromatic heterocycles. The summed E-state index contributed by atoms with van der Waals surface area (Å²) in [5.74, 6) is -0.271. The smallest absolute Gasteiger partial charge is 0.319 e. The summed E-state index contributed by atoms with van der Waals surface area (Å²) in [7, 11) is 1.71. The summed E-state index contributed by atoms with van der Waals surface area (Å²) in [6.45, 7) is 6.07. The van der Waals surface area contributed by atoms with Gasteiger partial charge >= 0.3 is 5.97 Å². The molecule has 0 amide bonds. The summed E-state index contributed by atoms with van der Waals surface area (Å²) in [6, 6.07) is 0. The molecule has 0 aromatic carbocycles. The highest BCUT2D eigenvalue weighted by molar-refractivity contribution is 5.71. The molecule has 0 unspecified atom stereocenters. The zero-order chi connectivity index (χ0) is 12.6. The zero-order valence-corrected chi connectivity index (χ0v) is 10.9. The molecule has 1 saturated carbocycles. The molecule has 1 aliphatic carbocycles. The average molecular weight is 231 g/mol. The fourth-order valence-corrected chi connectivity index (χ4v) is 1.24. The molecule has 0 aromatic rings. The Labute approximate surface area is 98.5 Å². The number of carbonyl (C=O) groups is 1. The number of ether oxygens (including phenoxy) is 2. The quantitative estimate of drug-likeness (QED) is 0.737. The van der Waals surface area contributed by atoms with Crippen LogP contribution in [0.3, 0.4) is 0 Å². The van der Waals surface area contributed by atoms with Crippen LogP contribution in [0.4, 0.5) is 0 Å². The second-order valence-electron chi connectivity index (χ2n) is 4.92. The fourth-order valence-electron chi connectivity index (χ4n) is 1.24. The Balaban J connectivity index is 0.000000325. The molecule has 4 heteroatoms. The molecule has 0 aliphatic heterocycles. The lowest BCUT2D eigenvalue weighted by Gasteiger charge is -2.14. The second kappa shape index (κ2) is 7.63. The van der Waals surface area contributed by atoms with Crippen molar-refractivity contribution in [3.63, 3.8) is 0 Å². The lowest BCUT2D eigenvalue weighted by molar-refractivity contribution is -0.146. The van der Waals surface area contributed by atoms with E-state index in [2.05, 4.69) is 0 Å². The van der Waals surface area contributed by atoms with Crippen LogP contribution in [0.1, 0.15) is 46.5 Å². The Morgan fingerprint density at radius 2 is 1.75 bits per heavy atom. The molecule has 0 radical (unpaired) electrons. The van der Waals surface area contributed by atoms with Crippen LogP contribution in [-0.2, 0) is 14.3 Å². The van der Waals surface area contributed by atoms with Crippen molar-refractivity contribution >= 4 is 5.97 Å². The molecule has 0 atom stereocenters. The monoisotopic (exact) mass is 231 g/mol. The van der Waals surface area contributed by atoms with Gasteiger partial charge in [0.15, 0.2) is 0 Å². The number of carbonyl (C=O) groups excluding carboxylic acids is 1. The van der Waals surface area contributed by atoms with E-state index < -0.39 is 0 Å². The predicted molar refractivity (Wildman–Crippen MR) is 64.2 cm³/mol. The minimum absolute atomic E-state index is 0.0104. The maximum absolute atomic E-state index is 10.6. The van der Waals surface area contributed by atoms with Crippen LogP contribution < -0.4 is 5.73 Å². The van der Waals surface area contributed by atoms with E-state index in [0.29, 0.717) is 0 Å². The number of hydrogen-bond acceptors (Lipinski definition) is 4. The Morgan fingerprint density at radius 3 is 2.06 bits per heavy atom. The molecule has 0 spiro atoms. The summed E-state index contributed by atoms with van der Waals surface area (Å²) >= 11 is 0. The molecule has 0 heterocycles. The summed E-state index contributed by atoms with van der Waals surface area (Å²) < 4.78 is 9.93. The number of esters is 1. The largest absolute Gasteiger partial charge is 0.461 e. The second-order valence-corrected chi connectivity index (χ2v) is 4.92. The molecule has 1 fully saturated rings. The van der Waals surface area contributed by atoms with E-state index in [-0.39, 0.29) is 24.2 Å². The van der Waals surface area contributed by atoms with Gasteiger partial charge in [-0.1, -0.05) is 0 Å². The zero-order valence-electron chi connectivity index (χ0n) is 10.9. The normalized spacial score (nSPS) is 16.6. The summed E-state index contributed by atoms with van der Waals surface area (Å²) in [5, 5.41) is 0. The Bertz CT molecular complexity index is 193. The highest BCUT2D eigenvalue weighted by Crippen LogP contribution is 2.20. The molecule has 16 heavy (non-hydrogen) atoms. The van der Waals surface area contributed by atoms with E-state index in [1.165, 1.54) is 12.8 Å². The van der Waals surface area contributed by atoms with Gasteiger partial charge in [-0.2, -0.15) is 0 Å². The van der Waals surface area contributed by atoms with Crippen molar-refractivity contribution in [3.8, 4) is 0 Å². The minimum atomic E-state index is -0.271. The van der Waals surface area contributed by atoms with E-state index in [1.54, 1.807) is 7.11 Å². The van der Waals surface area contributed by atoms with Gasteiger partial charge in [0.1, 0.15) is 6.10 Å². The van der Waals surface area contributed by atoms with Crippen LogP contribution in [0.2, 0.25) is 0 Å². The van der Waals surface area contributed by atoms with Crippen molar-refractivity contribution < 1.29 is 14.3 Å². The van der Waals surface area contributed by atoms with Gasteiger partial charge in [-0.25, -0.2) is 0 Å². The van der Waals surface area contributed by atoms with Crippen molar-refractivity contribution in [2.45, 2.75) is 58.2 Å². The first-order chi connectivity index (χ1) is 7.39. The van der Waals surface area contributed by atoms with Crippen molar-refractivity contribution in [1.82, 2.24) is 0 Å². The van der Waals surface area contributed by atoms with Crippen molar-refractivity contribution in [3.05, 3.63) is 0 Å². The van der Waals surface area contributed by atoms with Gasteiger partial charge in [-0.3, -0.25) is 4.79 Å². The van der Waals surface area contributed by atoms with Crippen molar-refractivity contribution in [2.75, 3.05) is 13.7 Å². The van der Waals surface area contributed by atoms with Gasteiger partial charge in [0.25, 0.3) is 0 Å². The maximum Gasteiger partial charge on any atom is 0.319 e. The Morgan fingerprint density at radius 1 is 1.31 bits per heavy atom. The standard InChI is InChI=1S/C7H13NO2.C5H12O/c8-5-7(9)10-6-3-1-2-4-6;1-5(2,3)6-4/h6H,1-5,8H2;1-4H3. The molecule has 4 nitrogen and oxygen atoms in total. The molecule has 1 aliphatic rings. The van der Waals surface area contributed by atoms with E-state index in [0.717, 1.165) is 12.8 Å². The number of methoxy groups -OCH3 is 1. The highest BCUT2D eigenvalue weighted by Gasteiger charge is 2.17. The van der Waals surface area contributed by atoms with Crippen LogP contribution in [0.15, 0.2) is 0 Å². The average Bonchev–Trinajstić information content (AvgIpc) is 2.70. The van der Waals surface area contributed by atoms with Crippen molar-refractivity contribution in [2.24, 2.45) is 5.73 Å². The topological polar surface area (TPSA) is 61.5 Å². The van der Waals surface area contributed by atoms with Crippen molar-refractivity contribution in [1.29, 1.82) is 0 Å². The van der Waals surface area contributed by atoms with Crippen LogP contribution in [-0.4, -0.2) is 31.3 Å². The van der Waals surface area contributed by atoms with Crippen LogP contribution in [0.25, 0.3) is 0 Å². The van der Waals surface area contributed by atoms with Crippen LogP contribution in [0.5, 0.6) is 0 Å². The third-order valence-corrected chi connectivity index (χ3v) is 2.38. The SMILES string of the molecule is COC(C)(C)C.NCC(=O)OC1CCCC1. The third-order valence-electron chi connectivity index (χ3n) is 2.38. The fraction of sp³-hybridized carbons (Fsp3) is 0.917. The number of hydrogen-bond donors (Lipinski definition) is 1. The molecule has 0 saturated heterocycles. The van der Waals surface area contributed by atoms with Crippen LogP contribution >= 0.6 is 0 Å². The van der Waals surface area contributed by atoms with E-state index in [4.69, 9.17) is 15.2 Å². The van der Waals surface area contributed by atoms with E-state index >= 15 is 0 Å². The van der Waals surface area contributed by atoms with Gasteiger partial charge in [0.05, 0.1) is 12.1 Å². The Kier molecular flexibility index (Phi) is 7.34. The van der Waals surface area contributed by atoms with Gasteiger partial charge < -0.3 is 15.2 Å². The number of nitrogens with two attached hydrogens (primary N) is 1. The molecule has 1 rings (SSSR count). The molecular formula is C12H25NO3. The third kappa shape index (κ3) is 8.68. The maximum atomic E-state index is 10.6. The van der Waals surface area contributed by atoms with Gasteiger partial charge in [0, 0.05) is 7.11 Å². The minimum Gasteiger partial charge on any atom is -0.461 e. The lowest BCUT2D eigenvalue weighted by Crippen LogP contribution is -2.21. The summed E-state index contributed by atoms with van der Waals surface area (Å²) in [5.41, 5.74) is 5.12. The van der Waals surface area contributed by atoms with Crippen LogP contribution in [0, 0.1) is 0 Å². The van der Waals surface area contributed by atoms with Gasteiger partial charge in [0.2, 0.25) is 0 Å².